The fourth-order valence-corrected chi connectivity index (χ4v) is 3.78. The minimum Gasteiger partial charge on any atom is -0.358 e. The summed E-state index contributed by atoms with van der Waals surface area (Å²) in [6, 6.07) is 13.1. The third-order valence-corrected chi connectivity index (χ3v) is 5.51. The SMILES string of the molecule is CNC(=O)C(C)Sc1nc2ccccc2c(=O)n1-c1cccc(C)c1C. The monoisotopic (exact) mass is 367 g/mol. The van der Waals surface area contributed by atoms with E-state index in [0.717, 1.165) is 16.8 Å². The van der Waals surface area contributed by atoms with E-state index >= 15 is 0 Å². The Labute approximate surface area is 156 Å². The summed E-state index contributed by atoms with van der Waals surface area (Å²) in [5.74, 6) is -0.107. The second kappa shape index (κ2) is 7.33. The summed E-state index contributed by atoms with van der Waals surface area (Å²) in [5, 5.41) is 3.34. The number of nitrogens with zero attached hydrogens (tertiary/aromatic N) is 2. The van der Waals surface area contributed by atoms with Crippen molar-refractivity contribution < 1.29 is 4.79 Å². The fourth-order valence-electron chi connectivity index (χ4n) is 2.80. The molecule has 6 heteroatoms. The molecule has 1 N–H and O–H groups in total. The Morgan fingerprint density at radius 1 is 1.15 bits per heavy atom. The molecular formula is C20H21N3O2S. The van der Waals surface area contributed by atoms with Crippen LogP contribution < -0.4 is 10.9 Å². The van der Waals surface area contributed by atoms with Crippen LogP contribution >= 0.6 is 11.8 Å². The van der Waals surface area contributed by atoms with Crippen LogP contribution in [-0.2, 0) is 4.79 Å². The van der Waals surface area contributed by atoms with Crippen molar-refractivity contribution in [1.82, 2.24) is 14.9 Å². The molecule has 1 aromatic heterocycles. The van der Waals surface area contributed by atoms with Gasteiger partial charge in [-0.15, -0.1) is 0 Å². The molecule has 0 aliphatic rings. The fraction of sp³-hybridized carbons (Fsp3) is 0.250. The number of benzene rings is 2. The van der Waals surface area contributed by atoms with Crippen molar-refractivity contribution in [3.8, 4) is 5.69 Å². The maximum absolute atomic E-state index is 13.2. The highest BCUT2D eigenvalue weighted by atomic mass is 32.2. The van der Waals surface area contributed by atoms with Gasteiger partial charge in [0.2, 0.25) is 5.91 Å². The van der Waals surface area contributed by atoms with E-state index in [1.54, 1.807) is 24.6 Å². The van der Waals surface area contributed by atoms with Crippen molar-refractivity contribution in [3.05, 3.63) is 63.9 Å². The molecule has 26 heavy (non-hydrogen) atoms. The standard InChI is InChI=1S/C20H21N3O2S/c1-12-8-7-11-17(13(12)2)23-19(25)15-9-5-6-10-16(15)22-20(23)26-14(3)18(24)21-4/h5-11,14H,1-4H3,(H,21,24). The number of carbonyl (C=O) groups excluding carboxylic acids is 1. The Balaban J connectivity index is 2.29. The minimum atomic E-state index is -0.371. The molecule has 134 valence electrons. The van der Waals surface area contributed by atoms with Crippen molar-refractivity contribution in [3.63, 3.8) is 0 Å². The molecule has 0 fully saturated rings. The topological polar surface area (TPSA) is 64.0 Å². The third kappa shape index (κ3) is 3.24. The van der Waals surface area contributed by atoms with Gasteiger partial charge in [0, 0.05) is 7.05 Å². The number of aryl methyl sites for hydroxylation is 1. The molecule has 1 amide bonds. The molecule has 2 aromatic carbocycles. The molecule has 0 aliphatic heterocycles. The number of fused-ring (bicyclic) bond motifs is 1. The number of hydrogen-bond acceptors (Lipinski definition) is 4. The van der Waals surface area contributed by atoms with E-state index in [1.165, 1.54) is 11.8 Å². The van der Waals surface area contributed by atoms with Crippen LogP contribution in [0.25, 0.3) is 16.6 Å². The summed E-state index contributed by atoms with van der Waals surface area (Å²) >= 11 is 1.28. The number of rotatable bonds is 4. The molecule has 3 rings (SSSR count). The average molecular weight is 367 g/mol. The lowest BCUT2D eigenvalue weighted by atomic mass is 10.1. The largest absolute Gasteiger partial charge is 0.358 e. The molecule has 5 nitrogen and oxygen atoms in total. The van der Waals surface area contributed by atoms with Crippen molar-refractivity contribution in [2.45, 2.75) is 31.2 Å². The van der Waals surface area contributed by atoms with Gasteiger partial charge in [-0.2, -0.15) is 0 Å². The second-order valence-corrected chi connectivity index (χ2v) is 7.45. The van der Waals surface area contributed by atoms with Gasteiger partial charge < -0.3 is 5.32 Å². The van der Waals surface area contributed by atoms with Crippen molar-refractivity contribution in [1.29, 1.82) is 0 Å². The number of amides is 1. The molecule has 0 radical (unpaired) electrons. The molecule has 0 spiro atoms. The van der Waals surface area contributed by atoms with Crippen LogP contribution in [0.1, 0.15) is 18.1 Å². The van der Waals surface area contributed by atoms with Gasteiger partial charge in [-0.25, -0.2) is 4.98 Å². The first-order valence-electron chi connectivity index (χ1n) is 8.40. The van der Waals surface area contributed by atoms with E-state index in [9.17, 15) is 9.59 Å². The maximum atomic E-state index is 13.2. The van der Waals surface area contributed by atoms with Crippen molar-refractivity contribution in [2.24, 2.45) is 0 Å². The zero-order chi connectivity index (χ0) is 18.8. The molecule has 0 aliphatic carbocycles. The molecule has 1 heterocycles. The van der Waals surface area contributed by atoms with Crippen LogP contribution in [0.3, 0.4) is 0 Å². The van der Waals surface area contributed by atoms with Gasteiger partial charge in [0.15, 0.2) is 5.16 Å². The average Bonchev–Trinajstić information content (AvgIpc) is 2.64. The number of nitrogens with one attached hydrogen (secondary N) is 1. The second-order valence-electron chi connectivity index (χ2n) is 6.15. The number of carbonyl (C=O) groups is 1. The third-order valence-electron chi connectivity index (χ3n) is 4.46. The summed E-state index contributed by atoms with van der Waals surface area (Å²) in [6.45, 7) is 5.81. The Morgan fingerprint density at radius 2 is 1.88 bits per heavy atom. The van der Waals surface area contributed by atoms with Crippen LogP contribution in [0.5, 0.6) is 0 Å². The van der Waals surface area contributed by atoms with E-state index in [2.05, 4.69) is 10.3 Å². The predicted octanol–water partition coefficient (Wildman–Crippen LogP) is 3.23. The van der Waals surface area contributed by atoms with Gasteiger partial charge in [0.05, 0.1) is 21.8 Å². The van der Waals surface area contributed by atoms with Gasteiger partial charge in [0.1, 0.15) is 0 Å². The van der Waals surface area contributed by atoms with Crippen LogP contribution in [0.2, 0.25) is 0 Å². The quantitative estimate of drug-likeness (QED) is 0.568. The van der Waals surface area contributed by atoms with Crippen molar-refractivity contribution in [2.75, 3.05) is 7.05 Å². The maximum Gasteiger partial charge on any atom is 0.266 e. The van der Waals surface area contributed by atoms with Crippen LogP contribution in [0.4, 0.5) is 0 Å². The van der Waals surface area contributed by atoms with Crippen LogP contribution in [0, 0.1) is 13.8 Å². The number of hydrogen-bond donors (Lipinski definition) is 1. The first-order valence-corrected chi connectivity index (χ1v) is 9.28. The van der Waals surface area contributed by atoms with Crippen molar-refractivity contribution >= 4 is 28.6 Å². The highest BCUT2D eigenvalue weighted by Crippen LogP contribution is 2.27. The summed E-state index contributed by atoms with van der Waals surface area (Å²) in [7, 11) is 1.60. The normalized spacial score (nSPS) is 12.2. The Bertz CT molecular complexity index is 1040. The molecule has 3 aromatic rings. The number of para-hydroxylation sites is 1. The molecule has 1 unspecified atom stereocenters. The number of aromatic nitrogens is 2. The lowest BCUT2D eigenvalue weighted by Gasteiger charge is -2.18. The van der Waals surface area contributed by atoms with E-state index in [0.29, 0.717) is 16.1 Å². The van der Waals surface area contributed by atoms with Gasteiger partial charge in [-0.1, -0.05) is 36.0 Å². The molecular weight excluding hydrogens is 346 g/mol. The summed E-state index contributed by atoms with van der Waals surface area (Å²) in [4.78, 5) is 29.9. The van der Waals surface area contributed by atoms with E-state index in [-0.39, 0.29) is 16.7 Å². The lowest BCUT2D eigenvalue weighted by Crippen LogP contribution is -2.29. The van der Waals surface area contributed by atoms with Crippen LogP contribution in [-0.4, -0.2) is 27.8 Å². The molecule has 0 saturated heterocycles. The van der Waals surface area contributed by atoms with Gasteiger partial charge in [0.25, 0.3) is 5.56 Å². The van der Waals surface area contributed by atoms with Gasteiger partial charge in [-0.3, -0.25) is 14.2 Å². The zero-order valence-corrected chi connectivity index (χ0v) is 16.1. The van der Waals surface area contributed by atoms with Crippen LogP contribution in [0.15, 0.2) is 52.4 Å². The van der Waals surface area contributed by atoms with Gasteiger partial charge >= 0.3 is 0 Å². The smallest absolute Gasteiger partial charge is 0.266 e. The first kappa shape index (κ1) is 18.2. The van der Waals surface area contributed by atoms with E-state index in [1.807, 2.05) is 50.2 Å². The lowest BCUT2D eigenvalue weighted by molar-refractivity contribution is -0.119. The highest BCUT2D eigenvalue weighted by molar-refractivity contribution is 8.00. The zero-order valence-electron chi connectivity index (χ0n) is 15.2. The minimum absolute atomic E-state index is 0.107. The molecule has 0 bridgehead atoms. The number of thioether (sulfide) groups is 1. The summed E-state index contributed by atoms with van der Waals surface area (Å²) in [6.07, 6.45) is 0. The summed E-state index contributed by atoms with van der Waals surface area (Å²) < 4.78 is 1.62. The first-order chi connectivity index (χ1) is 12.4. The Morgan fingerprint density at radius 3 is 2.62 bits per heavy atom. The van der Waals surface area contributed by atoms with Gasteiger partial charge in [-0.05, 0) is 50.1 Å². The Kier molecular flexibility index (Phi) is 5.13. The van der Waals surface area contributed by atoms with E-state index in [4.69, 9.17) is 0 Å². The predicted molar refractivity (Wildman–Crippen MR) is 106 cm³/mol. The molecule has 0 saturated carbocycles. The Hall–Kier alpha value is -2.60. The highest BCUT2D eigenvalue weighted by Gasteiger charge is 2.20. The summed E-state index contributed by atoms with van der Waals surface area (Å²) in [5.41, 5.74) is 3.40. The van der Waals surface area contributed by atoms with E-state index < -0.39 is 0 Å². The molecule has 1 atom stereocenters.